The predicted octanol–water partition coefficient (Wildman–Crippen LogP) is 10.5. The molecule has 0 aliphatic heterocycles. The molecule has 4 heterocycles. The van der Waals surface area contributed by atoms with Crippen molar-refractivity contribution in [1.82, 2.24) is 29.5 Å². The molecule has 8 rings (SSSR count). The molecule has 0 radical (unpaired) electrons. The van der Waals surface area contributed by atoms with E-state index in [0.717, 1.165) is 15.4 Å². The summed E-state index contributed by atoms with van der Waals surface area (Å²) in [5.41, 5.74) is 5.28. The fourth-order valence-corrected chi connectivity index (χ4v) is 7.97. The minimum atomic E-state index is -4.77. The summed E-state index contributed by atoms with van der Waals surface area (Å²) in [6.45, 7) is 7.45. The summed E-state index contributed by atoms with van der Waals surface area (Å²) >= 11 is 0. The highest BCUT2D eigenvalue weighted by atomic mass is 35.7. The lowest BCUT2D eigenvalue weighted by atomic mass is 10.2. The van der Waals surface area contributed by atoms with Crippen LogP contribution in [-0.4, -0.2) is 58.6 Å². The zero-order valence-electron chi connectivity index (χ0n) is 35.5. The predicted molar refractivity (Wildman–Crippen MR) is 240 cm³/mol. The molecular formula is C44H39ClF6N8O6S2. The number of pyridine rings is 2. The molecule has 0 amide bonds. The Balaban J connectivity index is 0.000000184. The van der Waals surface area contributed by atoms with E-state index in [0.29, 0.717) is 45.1 Å². The van der Waals surface area contributed by atoms with Crippen molar-refractivity contribution in [2.24, 2.45) is 0 Å². The van der Waals surface area contributed by atoms with Crippen LogP contribution in [0.3, 0.4) is 0 Å². The Morgan fingerprint density at radius 1 is 0.597 bits per heavy atom. The maximum absolute atomic E-state index is 13.4. The van der Waals surface area contributed by atoms with Crippen molar-refractivity contribution in [3.05, 3.63) is 145 Å². The normalized spacial score (nSPS) is 12.1. The molecule has 0 saturated carbocycles. The van der Waals surface area contributed by atoms with Crippen LogP contribution in [0.25, 0.3) is 33.2 Å². The topological polar surface area (TPSA) is 186 Å². The van der Waals surface area contributed by atoms with Crippen molar-refractivity contribution in [2.75, 3.05) is 10.5 Å². The number of benzene rings is 4. The third-order valence-corrected chi connectivity index (χ3v) is 11.7. The molecule has 4 aromatic carbocycles. The van der Waals surface area contributed by atoms with Gasteiger partial charge >= 0.3 is 12.4 Å². The Kier molecular flexibility index (Phi) is 14.7. The van der Waals surface area contributed by atoms with Crippen LogP contribution in [0.15, 0.2) is 144 Å². The fraction of sp³-hybridized carbons (Fsp3) is 0.182. The van der Waals surface area contributed by atoms with E-state index < -0.39 is 42.8 Å². The molecule has 0 bridgehead atoms. The van der Waals surface area contributed by atoms with E-state index in [9.17, 15) is 43.2 Å². The molecule has 0 spiro atoms. The van der Waals surface area contributed by atoms with Gasteiger partial charge in [-0.1, -0.05) is 12.1 Å². The number of hydrogen-bond donors (Lipinski definition) is 2. The number of nitrogens with two attached hydrogens (primary N) is 1. The number of halogens is 7. The number of hydrogen-bond acceptors (Lipinski definition) is 11. The zero-order chi connectivity index (χ0) is 48.9. The molecule has 0 saturated heterocycles. The first-order valence-corrected chi connectivity index (χ1v) is 23.5. The fourth-order valence-electron chi connectivity index (χ4n) is 6.17. The average molecular weight is 989 g/mol. The molecule has 8 aromatic rings. The van der Waals surface area contributed by atoms with Crippen molar-refractivity contribution in [3.8, 4) is 22.9 Å². The Morgan fingerprint density at radius 3 is 1.46 bits per heavy atom. The van der Waals surface area contributed by atoms with Gasteiger partial charge in [0, 0.05) is 46.0 Å². The van der Waals surface area contributed by atoms with Gasteiger partial charge in [-0.05, 0) is 125 Å². The highest BCUT2D eigenvalue weighted by molar-refractivity contribution is 8.13. The summed E-state index contributed by atoms with van der Waals surface area (Å²) in [4.78, 5) is 8.28. The number of fused-ring (bicyclic) bond motifs is 2. The van der Waals surface area contributed by atoms with Crippen molar-refractivity contribution in [2.45, 2.75) is 62.0 Å². The highest BCUT2D eigenvalue weighted by Gasteiger charge is 2.37. The smallest absolute Gasteiger partial charge is 0.435 e. The van der Waals surface area contributed by atoms with Gasteiger partial charge < -0.3 is 15.2 Å². The lowest BCUT2D eigenvalue weighted by Gasteiger charge is -2.13. The molecule has 4 aromatic heterocycles. The van der Waals surface area contributed by atoms with Crippen LogP contribution in [0.4, 0.5) is 38.0 Å². The summed E-state index contributed by atoms with van der Waals surface area (Å²) < 4.78 is 141. The van der Waals surface area contributed by atoms with E-state index in [2.05, 4.69) is 24.9 Å². The van der Waals surface area contributed by atoms with Crippen molar-refractivity contribution in [1.29, 1.82) is 0 Å². The van der Waals surface area contributed by atoms with Crippen molar-refractivity contribution >= 4 is 63.2 Å². The maximum atomic E-state index is 13.4. The molecule has 0 fully saturated rings. The van der Waals surface area contributed by atoms with Crippen LogP contribution < -0.4 is 19.9 Å². The first kappa shape index (κ1) is 49.5. The van der Waals surface area contributed by atoms with E-state index in [1.807, 2.05) is 27.7 Å². The SMILES string of the molecule is CC(C)Oc1ccc(S(=O)(=O)Cl)cc1.CC(C)Oc1ccc(S(=O)(=O)Nc2cc(C(F)(F)F)nn2-c2cccc3ncccc23)cc1.Nc1cc(C(F)(F)F)nn1-c1cccc2ncccc12. The Bertz CT molecular complexity index is 3210. The maximum Gasteiger partial charge on any atom is 0.435 e. The monoisotopic (exact) mass is 988 g/mol. The summed E-state index contributed by atoms with van der Waals surface area (Å²) in [6, 6.07) is 29.7. The third kappa shape index (κ3) is 12.5. The molecule has 3 N–H and O–H groups in total. The standard InChI is InChI=1S/C22H19F3N4O3S.C13H9F3N4.C9H11ClO3S/c1-14(2)32-15-8-10-16(11-9-15)33(30,31)28-21-13-20(22(23,24)25)27-29(21)19-7-3-6-18-17(19)5-4-12-26-18;14-13(15,16)11-7-12(17)20(19-11)10-5-1-4-9-8(10)3-2-6-18-9;1-7(2)13-8-3-5-9(6-4-8)14(10,11)12/h3-14,28H,1-2H3;1-7H,17H2;3-7H,1-2H3. The quantitative estimate of drug-likeness (QED) is 0.0981. The Hall–Kier alpha value is -6.91. The number of anilines is 2. The number of nitrogen functional groups attached to an aromatic ring is 1. The van der Waals surface area contributed by atoms with Gasteiger partial charge in [-0.15, -0.1) is 0 Å². The number of nitrogens with zero attached hydrogens (tertiary/aromatic N) is 6. The van der Waals surface area contributed by atoms with Gasteiger partial charge in [-0.25, -0.2) is 26.2 Å². The van der Waals surface area contributed by atoms with E-state index in [1.165, 1.54) is 42.5 Å². The van der Waals surface area contributed by atoms with Crippen molar-refractivity contribution < 1.29 is 52.7 Å². The van der Waals surface area contributed by atoms with Gasteiger partial charge in [-0.2, -0.15) is 36.5 Å². The number of rotatable bonds is 10. The number of aromatic nitrogens is 6. The van der Waals surface area contributed by atoms with E-state index in [-0.39, 0.29) is 39.3 Å². The van der Waals surface area contributed by atoms with Crippen LogP contribution in [0.2, 0.25) is 0 Å². The minimum absolute atomic E-state index is 0.0634. The summed E-state index contributed by atoms with van der Waals surface area (Å²) in [6.07, 6.45) is -6.18. The van der Waals surface area contributed by atoms with Crippen LogP contribution in [-0.2, 0) is 31.4 Å². The molecule has 0 aliphatic rings. The van der Waals surface area contributed by atoms with Gasteiger partial charge in [-0.3, -0.25) is 14.7 Å². The van der Waals surface area contributed by atoms with E-state index in [4.69, 9.17) is 25.9 Å². The van der Waals surface area contributed by atoms with Crippen molar-refractivity contribution in [3.63, 3.8) is 0 Å². The average Bonchev–Trinajstić information content (AvgIpc) is 3.87. The van der Waals surface area contributed by atoms with E-state index >= 15 is 0 Å². The van der Waals surface area contributed by atoms with Gasteiger partial charge in [0.15, 0.2) is 11.4 Å². The third-order valence-electron chi connectivity index (χ3n) is 8.95. The molecule has 14 nitrogen and oxygen atoms in total. The first-order chi connectivity index (χ1) is 31.4. The number of alkyl halides is 6. The number of sulfonamides is 1. The molecule has 0 unspecified atom stereocenters. The van der Waals surface area contributed by atoms with E-state index in [1.54, 1.807) is 79.1 Å². The summed E-state index contributed by atoms with van der Waals surface area (Å²) in [5.74, 6) is 0.663. The van der Waals surface area contributed by atoms with Gasteiger partial charge in [0.2, 0.25) is 0 Å². The summed E-state index contributed by atoms with van der Waals surface area (Å²) in [5, 5.41) is 8.37. The molecule has 352 valence electrons. The minimum Gasteiger partial charge on any atom is -0.491 e. The van der Waals surface area contributed by atoms with Crippen LogP contribution in [0, 0.1) is 0 Å². The van der Waals surface area contributed by atoms with Crippen LogP contribution in [0.1, 0.15) is 39.1 Å². The second kappa shape index (κ2) is 19.9. The lowest BCUT2D eigenvalue weighted by molar-refractivity contribution is -0.142. The zero-order valence-corrected chi connectivity index (χ0v) is 37.9. The Morgan fingerprint density at radius 2 is 1.03 bits per heavy atom. The lowest BCUT2D eigenvalue weighted by Crippen LogP contribution is -2.16. The van der Waals surface area contributed by atoms with Crippen LogP contribution >= 0.6 is 10.7 Å². The Labute approximate surface area is 384 Å². The van der Waals surface area contributed by atoms with Gasteiger partial charge in [0.05, 0.1) is 44.4 Å². The molecular weight excluding hydrogens is 950 g/mol. The molecule has 67 heavy (non-hydrogen) atoms. The highest BCUT2D eigenvalue weighted by Crippen LogP contribution is 2.35. The molecule has 0 aliphatic carbocycles. The second-order valence-electron chi connectivity index (χ2n) is 14.7. The van der Waals surface area contributed by atoms with Crippen LogP contribution in [0.5, 0.6) is 11.5 Å². The number of ether oxygens (including phenoxy) is 2. The molecule has 23 heteroatoms. The van der Waals surface area contributed by atoms with Gasteiger partial charge in [0.25, 0.3) is 19.1 Å². The molecule has 0 atom stereocenters. The first-order valence-electron chi connectivity index (χ1n) is 19.7. The largest absolute Gasteiger partial charge is 0.491 e. The second-order valence-corrected chi connectivity index (χ2v) is 19.0. The summed E-state index contributed by atoms with van der Waals surface area (Å²) in [7, 11) is -2.71. The van der Waals surface area contributed by atoms with Gasteiger partial charge in [0.1, 0.15) is 23.1 Å². The number of nitrogens with one attached hydrogen (secondary N) is 1.